The van der Waals surface area contributed by atoms with Gasteiger partial charge in [0.25, 0.3) is 0 Å². The summed E-state index contributed by atoms with van der Waals surface area (Å²) < 4.78 is 9.73. The van der Waals surface area contributed by atoms with Crippen LogP contribution in [0, 0.1) is 5.41 Å². The van der Waals surface area contributed by atoms with Crippen LogP contribution < -0.4 is 5.32 Å². The summed E-state index contributed by atoms with van der Waals surface area (Å²) in [7, 11) is 1.28. The van der Waals surface area contributed by atoms with Crippen molar-refractivity contribution in [1.82, 2.24) is 5.32 Å². The van der Waals surface area contributed by atoms with Crippen molar-refractivity contribution in [2.45, 2.75) is 38.9 Å². The zero-order valence-corrected chi connectivity index (χ0v) is 11.3. The number of hydrogen-bond donors (Lipinski definition) is 2. The average molecular weight is 273 g/mol. The highest BCUT2D eigenvalue weighted by Gasteiger charge is 2.36. The highest BCUT2D eigenvalue weighted by atomic mass is 16.5. The van der Waals surface area contributed by atoms with Crippen LogP contribution >= 0.6 is 0 Å². The monoisotopic (exact) mass is 273 g/mol. The molecule has 1 aliphatic rings. The molecule has 0 aliphatic carbocycles. The van der Waals surface area contributed by atoms with E-state index in [2.05, 4.69) is 10.1 Å². The third kappa shape index (κ3) is 3.92. The average Bonchev–Trinajstić information content (AvgIpc) is 2.84. The molecule has 1 amide bonds. The smallest absolute Gasteiger partial charge is 0.332 e. The normalized spacial score (nSPS) is 22.9. The molecule has 0 aromatic carbocycles. The summed E-state index contributed by atoms with van der Waals surface area (Å²) in [6, 6.07) is 0. The van der Waals surface area contributed by atoms with Crippen LogP contribution in [0.5, 0.6) is 0 Å². The number of methoxy groups -OCH3 is 1. The van der Waals surface area contributed by atoms with Gasteiger partial charge in [-0.05, 0) is 26.7 Å². The number of carbonyl (C=O) groups excluding carboxylic acids is 2. The topological polar surface area (TPSA) is 102 Å². The summed E-state index contributed by atoms with van der Waals surface area (Å²) in [5.41, 5.74) is -0.838. The number of carbonyl (C=O) groups is 3. The largest absolute Gasteiger partial charge is 0.479 e. The molecule has 0 spiro atoms. The molecule has 1 aliphatic heterocycles. The minimum absolute atomic E-state index is 0.107. The molecule has 1 heterocycles. The molecule has 19 heavy (non-hydrogen) atoms. The summed E-state index contributed by atoms with van der Waals surface area (Å²) in [4.78, 5) is 33.9. The molecule has 2 N–H and O–H groups in total. The van der Waals surface area contributed by atoms with Crippen LogP contribution in [-0.2, 0) is 23.9 Å². The molecule has 0 aromatic heterocycles. The lowest BCUT2D eigenvalue weighted by Gasteiger charge is -2.22. The van der Waals surface area contributed by atoms with Gasteiger partial charge in [-0.15, -0.1) is 0 Å². The quantitative estimate of drug-likeness (QED) is 0.680. The number of rotatable bonds is 5. The molecular weight excluding hydrogens is 254 g/mol. The Morgan fingerprint density at radius 2 is 1.89 bits per heavy atom. The predicted molar refractivity (Wildman–Crippen MR) is 64.3 cm³/mol. The first-order valence-electron chi connectivity index (χ1n) is 6.02. The Balaban J connectivity index is 2.45. The van der Waals surface area contributed by atoms with Crippen LogP contribution in [0.2, 0.25) is 0 Å². The molecule has 0 aromatic rings. The summed E-state index contributed by atoms with van der Waals surface area (Å²) in [5, 5.41) is 11.3. The van der Waals surface area contributed by atoms with Crippen molar-refractivity contribution < 1.29 is 29.0 Å². The third-order valence-corrected chi connectivity index (χ3v) is 3.03. The number of ether oxygens (including phenoxy) is 2. The first-order chi connectivity index (χ1) is 8.77. The minimum Gasteiger partial charge on any atom is -0.479 e. The van der Waals surface area contributed by atoms with Crippen molar-refractivity contribution in [3.63, 3.8) is 0 Å². The molecule has 0 bridgehead atoms. The van der Waals surface area contributed by atoms with E-state index in [1.165, 1.54) is 7.11 Å². The maximum absolute atomic E-state index is 11.8. The van der Waals surface area contributed by atoms with Crippen molar-refractivity contribution in [2.24, 2.45) is 5.41 Å². The standard InChI is InChI=1S/C12H19NO6/c1-12(2,11(17)18-3)6-13-9(14)7-4-5-8(19-7)10(15)16/h7-8H,4-6H2,1-3H3,(H,13,14)(H,15,16). The van der Waals surface area contributed by atoms with Crippen LogP contribution in [0.25, 0.3) is 0 Å². The minimum atomic E-state index is -1.06. The molecule has 1 rings (SSSR count). The number of carboxylic acid groups (broad SMARTS) is 1. The van der Waals surface area contributed by atoms with E-state index in [1.54, 1.807) is 13.8 Å². The number of nitrogens with one attached hydrogen (secondary N) is 1. The first-order valence-corrected chi connectivity index (χ1v) is 6.02. The highest BCUT2D eigenvalue weighted by molar-refractivity contribution is 5.83. The maximum Gasteiger partial charge on any atom is 0.332 e. The number of aliphatic carboxylic acids is 1. The van der Waals surface area contributed by atoms with Crippen molar-refractivity contribution in [2.75, 3.05) is 13.7 Å². The van der Waals surface area contributed by atoms with Crippen LogP contribution in [0.3, 0.4) is 0 Å². The van der Waals surface area contributed by atoms with Gasteiger partial charge in [0, 0.05) is 6.54 Å². The van der Waals surface area contributed by atoms with E-state index >= 15 is 0 Å². The Morgan fingerprint density at radius 3 is 2.37 bits per heavy atom. The number of hydrogen-bond acceptors (Lipinski definition) is 5. The molecular formula is C12H19NO6. The van der Waals surface area contributed by atoms with Gasteiger partial charge in [0.15, 0.2) is 6.10 Å². The molecule has 2 unspecified atom stereocenters. The molecule has 1 fully saturated rings. The van der Waals surface area contributed by atoms with E-state index in [0.717, 1.165) is 0 Å². The Labute approximate surface area is 111 Å². The van der Waals surface area contributed by atoms with E-state index in [0.29, 0.717) is 12.8 Å². The second-order valence-corrected chi connectivity index (χ2v) is 5.12. The Hall–Kier alpha value is -1.63. The summed E-state index contributed by atoms with van der Waals surface area (Å²) in [6.45, 7) is 3.40. The summed E-state index contributed by atoms with van der Waals surface area (Å²) in [5.74, 6) is -1.89. The molecule has 2 atom stereocenters. The van der Waals surface area contributed by atoms with Crippen LogP contribution in [0.15, 0.2) is 0 Å². The van der Waals surface area contributed by atoms with E-state index in [1.807, 2.05) is 0 Å². The third-order valence-electron chi connectivity index (χ3n) is 3.03. The highest BCUT2D eigenvalue weighted by Crippen LogP contribution is 2.21. The van der Waals surface area contributed by atoms with Gasteiger partial charge >= 0.3 is 11.9 Å². The van der Waals surface area contributed by atoms with Crippen molar-refractivity contribution in [3.05, 3.63) is 0 Å². The van der Waals surface area contributed by atoms with Crippen LogP contribution in [0.4, 0.5) is 0 Å². The van der Waals surface area contributed by atoms with Gasteiger partial charge in [-0.25, -0.2) is 4.79 Å². The van der Waals surface area contributed by atoms with Crippen molar-refractivity contribution in [1.29, 1.82) is 0 Å². The number of amides is 1. The fourth-order valence-corrected chi connectivity index (χ4v) is 1.78. The van der Waals surface area contributed by atoms with Gasteiger partial charge in [-0.3, -0.25) is 9.59 Å². The van der Waals surface area contributed by atoms with Gasteiger partial charge in [0.2, 0.25) is 5.91 Å². The fraction of sp³-hybridized carbons (Fsp3) is 0.750. The van der Waals surface area contributed by atoms with Crippen LogP contribution in [-0.4, -0.2) is 48.8 Å². The summed E-state index contributed by atoms with van der Waals surface area (Å²) >= 11 is 0. The van der Waals surface area contributed by atoms with Gasteiger partial charge in [0.05, 0.1) is 12.5 Å². The van der Waals surface area contributed by atoms with E-state index in [4.69, 9.17) is 9.84 Å². The van der Waals surface area contributed by atoms with E-state index < -0.39 is 35.5 Å². The van der Waals surface area contributed by atoms with E-state index in [9.17, 15) is 14.4 Å². The molecule has 7 nitrogen and oxygen atoms in total. The summed E-state index contributed by atoms with van der Waals surface area (Å²) in [6.07, 6.45) is -1.02. The van der Waals surface area contributed by atoms with Crippen molar-refractivity contribution in [3.8, 4) is 0 Å². The molecule has 0 radical (unpaired) electrons. The predicted octanol–water partition coefficient (Wildman–Crippen LogP) is -0.0660. The second kappa shape index (κ2) is 6.01. The van der Waals surface area contributed by atoms with Gasteiger partial charge in [-0.1, -0.05) is 0 Å². The zero-order valence-electron chi connectivity index (χ0n) is 11.3. The number of carboxylic acids is 1. The molecule has 1 saturated heterocycles. The lowest BCUT2D eigenvalue weighted by Crippen LogP contribution is -2.43. The van der Waals surface area contributed by atoms with Gasteiger partial charge in [-0.2, -0.15) is 0 Å². The number of esters is 1. The first kappa shape index (κ1) is 15.4. The van der Waals surface area contributed by atoms with Gasteiger partial charge in [0.1, 0.15) is 6.10 Å². The van der Waals surface area contributed by atoms with Gasteiger partial charge < -0.3 is 19.9 Å². The van der Waals surface area contributed by atoms with E-state index in [-0.39, 0.29) is 6.54 Å². The second-order valence-electron chi connectivity index (χ2n) is 5.12. The molecule has 108 valence electrons. The maximum atomic E-state index is 11.8. The Morgan fingerprint density at radius 1 is 1.32 bits per heavy atom. The lowest BCUT2D eigenvalue weighted by molar-refractivity contribution is -0.152. The Kier molecular flexibility index (Phi) is 4.88. The zero-order chi connectivity index (χ0) is 14.6. The SMILES string of the molecule is COC(=O)C(C)(C)CNC(=O)C1CCC(C(=O)O)O1. The van der Waals surface area contributed by atoms with Crippen LogP contribution in [0.1, 0.15) is 26.7 Å². The fourth-order valence-electron chi connectivity index (χ4n) is 1.78. The van der Waals surface area contributed by atoms with Crippen molar-refractivity contribution >= 4 is 17.8 Å². The molecule has 7 heteroatoms. The Bertz CT molecular complexity index is 378. The lowest BCUT2D eigenvalue weighted by atomic mass is 9.93. The molecule has 0 saturated carbocycles.